The van der Waals surface area contributed by atoms with Crippen LogP contribution in [0.3, 0.4) is 0 Å². The van der Waals surface area contributed by atoms with Crippen molar-refractivity contribution in [1.82, 2.24) is 15.1 Å². The first kappa shape index (κ1) is 21.5. The number of fused-ring (bicyclic) bond motifs is 1. The lowest BCUT2D eigenvalue weighted by molar-refractivity contribution is -0.136. The fraction of sp³-hybridized carbons (Fsp3) is 0.400. The molecule has 1 atom stereocenters. The Morgan fingerprint density at radius 3 is 2.58 bits per heavy atom. The van der Waals surface area contributed by atoms with Gasteiger partial charge in [-0.05, 0) is 35.7 Å². The van der Waals surface area contributed by atoms with E-state index in [0.717, 1.165) is 55.3 Å². The number of para-hydroxylation sites is 2. The molecule has 3 heterocycles. The molecule has 3 amide bonds. The molecule has 3 aliphatic rings. The summed E-state index contributed by atoms with van der Waals surface area (Å²) in [5.41, 5.74) is 3.90. The van der Waals surface area contributed by atoms with Crippen LogP contribution in [0.2, 0.25) is 0 Å². The third kappa shape index (κ3) is 4.18. The Kier molecular flexibility index (Phi) is 5.76. The molecule has 1 unspecified atom stereocenters. The van der Waals surface area contributed by atoms with E-state index in [0.29, 0.717) is 18.5 Å². The number of hydrogen-bond acceptors (Lipinski definition) is 6. The molecule has 2 aromatic rings. The Bertz CT molecular complexity index is 1090. The van der Waals surface area contributed by atoms with Crippen molar-refractivity contribution >= 4 is 23.4 Å². The van der Waals surface area contributed by atoms with Crippen LogP contribution in [-0.2, 0) is 22.7 Å². The molecule has 0 bridgehead atoms. The van der Waals surface area contributed by atoms with Crippen LogP contribution in [0.5, 0.6) is 5.75 Å². The monoisotopic (exact) mass is 448 g/mol. The van der Waals surface area contributed by atoms with E-state index < -0.39 is 6.04 Å². The second-order valence-corrected chi connectivity index (χ2v) is 8.83. The summed E-state index contributed by atoms with van der Waals surface area (Å²) in [5, 5.41) is 2.35. The number of ether oxygens (including phenoxy) is 1. The van der Waals surface area contributed by atoms with Crippen molar-refractivity contribution in [2.75, 3.05) is 38.2 Å². The minimum Gasteiger partial charge on any atom is -0.495 e. The normalized spacial score (nSPS) is 21.2. The molecule has 0 aliphatic carbocycles. The zero-order valence-electron chi connectivity index (χ0n) is 18.8. The third-order valence-electron chi connectivity index (χ3n) is 6.79. The number of piperidine rings is 1. The summed E-state index contributed by atoms with van der Waals surface area (Å²) in [6.07, 6.45) is 0.649. The smallest absolute Gasteiger partial charge is 0.255 e. The maximum absolute atomic E-state index is 12.9. The van der Waals surface area contributed by atoms with Crippen molar-refractivity contribution in [3.8, 4) is 5.75 Å². The molecule has 8 heteroatoms. The minimum absolute atomic E-state index is 0.128. The van der Waals surface area contributed by atoms with Gasteiger partial charge in [0.2, 0.25) is 11.8 Å². The molecule has 2 fully saturated rings. The second kappa shape index (κ2) is 8.86. The Hall–Kier alpha value is -3.39. The Balaban J connectivity index is 1.22. The van der Waals surface area contributed by atoms with Gasteiger partial charge in [0.15, 0.2) is 0 Å². The standard InChI is InChI=1S/C25H28N4O4/c1-33-22-5-3-2-4-20(22)28-12-10-27(11-13-28)15-17-6-7-19-18(14-17)16-29(25(19)32)21-8-9-23(30)26-24(21)31/h2-7,14,21H,8-13,15-16H2,1H3,(H,26,30,31). The zero-order chi connectivity index (χ0) is 22.9. The first-order valence-corrected chi connectivity index (χ1v) is 11.4. The first-order chi connectivity index (χ1) is 16.0. The largest absolute Gasteiger partial charge is 0.495 e. The fourth-order valence-electron chi connectivity index (χ4n) is 5.02. The highest BCUT2D eigenvalue weighted by Gasteiger charge is 2.39. The number of carbonyl (C=O) groups excluding carboxylic acids is 3. The van der Waals surface area contributed by atoms with E-state index in [1.807, 2.05) is 30.3 Å². The number of imide groups is 1. The maximum Gasteiger partial charge on any atom is 0.255 e. The Morgan fingerprint density at radius 2 is 1.82 bits per heavy atom. The molecule has 5 rings (SSSR count). The topological polar surface area (TPSA) is 82.2 Å². The van der Waals surface area contributed by atoms with Gasteiger partial charge in [0, 0.05) is 51.3 Å². The van der Waals surface area contributed by atoms with E-state index in [1.165, 1.54) is 0 Å². The lowest BCUT2D eigenvalue weighted by atomic mass is 10.0. The van der Waals surface area contributed by atoms with Crippen molar-refractivity contribution in [3.63, 3.8) is 0 Å². The lowest BCUT2D eigenvalue weighted by Gasteiger charge is -2.36. The van der Waals surface area contributed by atoms with Gasteiger partial charge in [-0.1, -0.05) is 24.3 Å². The van der Waals surface area contributed by atoms with Gasteiger partial charge < -0.3 is 14.5 Å². The van der Waals surface area contributed by atoms with Crippen LogP contribution in [0.4, 0.5) is 5.69 Å². The predicted octanol–water partition coefficient (Wildman–Crippen LogP) is 1.78. The number of nitrogens with zero attached hydrogens (tertiary/aromatic N) is 3. The fourth-order valence-corrected chi connectivity index (χ4v) is 5.02. The Labute approximate surface area is 193 Å². The van der Waals surface area contributed by atoms with Crippen LogP contribution in [0.1, 0.15) is 34.3 Å². The summed E-state index contributed by atoms with van der Waals surface area (Å²) in [7, 11) is 1.70. The van der Waals surface area contributed by atoms with Gasteiger partial charge in [-0.15, -0.1) is 0 Å². The van der Waals surface area contributed by atoms with Crippen molar-refractivity contribution in [2.45, 2.75) is 32.0 Å². The molecule has 1 N–H and O–H groups in total. The van der Waals surface area contributed by atoms with Gasteiger partial charge in [-0.25, -0.2) is 0 Å². The van der Waals surface area contributed by atoms with Crippen molar-refractivity contribution < 1.29 is 19.1 Å². The van der Waals surface area contributed by atoms with E-state index in [9.17, 15) is 14.4 Å². The van der Waals surface area contributed by atoms with Gasteiger partial charge in [-0.3, -0.25) is 24.6 Å². The van der Waals surface area contributed by atoms with E-state index in [1.54, 1.807) is 12.0 Å². The van der Waals surface area contributed by atoms with Crippen LogP contribution >= 0.6 is 0 Å². The van der Waals surface area contributed by atoms with Crippen LogP contribution < -0.4 is 15.0 Å². The average Bonchev–Trinajstić information content (AvgIpc) is 3.15. The molecule has 0 radical (unpaired) electrons. The molecule has 0 spiro atoms. The molecule has 172 valence electrons. The summed E-state index contributed by atoms with van der Waals surface area (Å²) in [6.45, 7) is 4.96. The van der Waals surface area contributed by atoms with Gasteiger partial charge in [-0.2, -0.15) is 0 Å². The van der Waals surface area contributed by atoms with E-state index in [4.69, 9.17) is 4.74 Å². The molecule has 0 saturated carbocycles. The number of amides is 3. The van der Waals surface area contributed by atoms with E-state index >= 15 is 0 Å². The number of hydrogen-bond donors (Lipinski definition) is 1. The summed E-state index contributed by atoms with van der Waals surface area (Å²) in [6, 6.07) is 13.5. The molecular weight excluding hydrogens is 420 g/mol. The molecule has 0 aromatic heterocycles. The van der Waals surface area contributed by atoms with Crippen LogP contribution in [0, 0.1) is 0 Å². The number of benzene rings is 2. The molecule has 2 saturated heterocycles. The number of anilines is 1. The number of nitrogens with one attached hydrogen (secondary N) is 1. The third-order valence-corrected chi connectivity index (χ3v) is 6.79. The van der Waals surface area contributed by atoms with Crippen LogP contribution in [-0.4, -0.2) is 66.9 Å². The van der Waals surface area contributed by atoms with Gasteiger partial charge in [0.25, 0.3) is 5.91 Å². The van der Waals surface area contributed by atoms with E-state index in [2.05, 4.69) is 27.2 Å². The zero-order valence-corrected chi connectivity index (χ0v) is 18.8. The molecular formula is C25H28N4O4. The SMILES string of the molecule is COc1ccccc1N1CCN(Cc2ccc3c(c2)CN(C2CCC(=O)NC2=O)C3=O)CC1. The molecule has 3 aliphatic heterocycles. The summed E-state index contributed by atoms with van der Waals surface area (Å²) in [5.74, 6) is 0.125. The molecule has 33 heavy (non-hydrogen) atoms. The quantitative estimate of drug-likeness (QED) is 0.703. The predicted molar refractivity (Wildman–Crippen MR) is 123 cm³/mol. The van der Waals surface area contributed by atoms with E-state index in [-0.39, 0.29) is 24.1 Å². The minimum atomic E-state index is -0.575. The van der Waals surface area contributed by atoms with Crippen molar-refractivity contribution in [2.24, 2.45) is 0 Å². The summed E-state index contributed by atoms with van der Waals surface area (Å²) in [4.78, 5) is 43.0. The maximum atomic E-state index is 12.9. The van der Waals surface area contributed by atoms with Gasteiger partial charge in [0.1, 0.15) is 11.8 Å². The summed E-state index contributed by atoms with van der Waals surface area (Å²) >= 11 is 0. The van der Waals surface area contributed by atoms with Gasteiger partial charge >= 0.3 is 0 Å². The highest BCUT2D eigenvalue weighted by molar-refractivity contribution is 6.05. The number of piperazine rings is 1. The first-order valence-electron chi connectivity index (χ1n) is 11.4. The van der Waals surface area contributed by atoms with Crippen LogP contribution in [0.25, 0.3) is 0 Å². The molecule has 2 aromatic carbocycles. The second-order valence-electron chi connectivity index (χ2n) is 8.83. The highest BCUT2D eigenvalue weighted by Crippen LogP contribution is 2.30. The average molecular weight is 449 g/mol. The summed E-state index contributed by atoms with van der Waals surface area (Å²) < 4.78 is 5.51. The van der Waals surface area contributed by atoms with Gasteiger partial charge in [0.05, 0.1) is 12.8 Å². The van der Waals surface area contributed by atoms with Crippen LogP contribution in [0.15, 0.2) is 42.5 Å². The van der Waals surface area contributed by atoms with Crippen molar-refractivity contribution in [1.29, 1.82) is 0 Å². The highest BCUT2D eigenvalue weighted by atomic mass is 16.5. The molecule has 8 nitrogen and oxygen atoms in total. The van der Waals surface area contributed by atoms with Crippen molar-refractivity contribution in [3.05, 3.63) is 59.2 Å². The number of methoxy groups -OCH3 is 1. The lowest BCUT2D eigenvalue weighted by Crippen LogP contribution is -2.52. The number of rotatable bonds is 5. The number of carbonyl (C=O) groups is 3. The Morgan fingerprint density at radius 1 is 1.03 bits per heavy atom.